The molecule has 1 aliphatic rings. The van der Waals surface area contributed by atoms with Crippen LogP contribution in [-0.4, -0.2) is 11.3 Å². The molecule has 1 saturated carbocycles. The molecule has 3 heteroatoms. The third kappa shape index (κ3) is 2.14. The van der Waals surface area contributed by atoms with E-state index in [4.69, 9.17) is 5.73 Å². The van der Waals surface area contributed by atoms with E-state index in [1.807, 2.05) is 0 Å². The number of benzene rings is 1. The molecule has 1 aromatic rings. The zero-order chi connectivity index (χ0) is 11.8. The predicted molar refractivity (Wildman–Crippen MR) is 60.9 cm³/mol. The summed E-state index contributed by atoms with van der Waals surface area (Å²) in [6.45, 7) is 1.68. The van der Waals surface area contributed by atoms with Gasteiger partial charge in [0.2, 0.25) is 0 Å². The number of hydrogen-bond acceptors (Lipinski definition) is 2. The van der Waals surface area contributed by atoms with Crippen LogP contribution in [0.4, 0.5) is 4.39 Å². The van der Waals surface area contributed by atoms with Crippen LogP contribution in [0.3, 0.4) is 0 Å². The van der Waals surface area contributed by atoms with Crippen molar-refractivity contribution >= 4 is 5.78 Å². The van der Waals surface area contributed by atoms with Gasteiger partial charge in [-0.2, -0.15) is 0 Å². The van der Waals surface area contributed by atoms with Crippen molar-refractivity contribution in [1.82, 2.24) is 0 Å². The number of carbonyl (C=O) groups is 1. The first-order valence-corrected chi connectivity index (χ1v) is 5.58. The topological polar surface area (TPSA) is 43.1 Å². The lowest BCUT2D eigenvalue weighted by molar-refractivity contribution is 0.0912. The summed E-state index contributed by atoms with van der Waals surface area (Å²) in [5, 5.41) is 0. The molecule has 0 bridgehead atoms. The summed E-state index contributed by atoms with van der Waals surface area (Å²) in [6, 6.07) is 4.61. The van der Waals surface area contributed by atoms with E-state index in [1.165, 1.54) is 6.07 Å². The second-order valence-electron chi connectivity index (χ2n) is 4.78. The van der Waals surface area contributed by atoms with E-state index in [-0.39, 0.29) is 17.1 Å². The van der Waals surface area contributed by atoms with Crippen molar-refractivity contribution in [1.29, 1.82) is 0 Å². The van der Waals surface area contributed by atoms with Gasteiger partial charge in [-0.05, 0) is 37.8 Å². The van der Waals surface area contributed by atoms with E-state index in [9.17, 15) is 9.18 Å². The Morgan fingerprint density at radius 1 is 1.50 bits per heavy atom. The molecule has 0 atom stereocenters. The van der Waals surface area contributed by atoms with E-state index in [0.717, 1.165) is 19.3 Å². The van der Waals surface area contributed by atoms with Gasteiger partial charge in [0.25, 0.3) is 0 Å². The van der Waals surface area contributed by atoms with Crippen LogP contribution in [0.2, 0.25) is 0 Å². The molecule has 0 aromatic heterocycles. The molecular weight excluding hydrogens is 205 g/mol. The van der Waals surface area contributed by atoms with Crippen LogP contribution < -0.4 is 5.73 Å². The zero-order valence-corrected chi connectivity index (χ0v) is 9.42. The molecule has 0 saturated heterocycles. The van der Waals surface area contributed by atoms with Gasteiger partial charge < -0.3 is 5.73 Å². The number of hydrogen-bond donors (Lipinski definition) is 1. The number of ketones is 1. The molecule has 1 aromatic carbocycles. The molecule has 2 rings (SSSR count). The fourth-order valence-electron chi connectivity index (χ4n) is 2.00. The summed E-state index contributed by atoms with van der Waals surface area (Å²) in [7, 11) is 0. The van der Waals surface area contributed by atoms with E-state index in [0.29, 0.717) is 17.5 Å². The largest absolute Gasteiger partial charge is 0.325 e. The Bertz CT molecular complexity index is 424. The lowest BCUT2D eigenvalue weighted by Gasteiger charge is -2.37. The Labute approximate surface area is 94.6 Å². The molecular formula is C13H16FNO. The Morgan fingerprint density at radius 2 is 2.19 bits per heavy atom. The van der Waals surface area contributed by atoms with Gasteiger partial charge in [-0.25, -0.2) is 4.39 Å². The summed E-state index contributed by atoms with van der Waals surface area (Å²) in [5.74, 6) is -0.383. The van der Waals surface area contributed by atoms with E-state index in [1.54, 1.807) is 19.1 Å². The maximum absolute atomic E-state index is 13.3. The third-order valence-electron chi connectivity index (χ3n) is 3.36. The highest BCUT2D eigenvalue weighted by Crippen LogP contribution is 2.33. The quantitative estimate of drug-likeness (QED) is 0.797. The average Bonchev–Trinajstić information content (AvgIpc) is 2.19. The first-order valence-electron chi connectivity index (χ1n) is 5.58. The average molecular weight is 221 g/mol. The Balaban J connectivity index is 2.11. The molecule has 0 aliphatic heterocycles. The van der Waals surface area contributed by atoms with Crippen LogP contribution in [0.15, 0.2) is 18.2 Å². The fourth-order valence-corrected chi connectivity index (χ4v) is 2.00. The molecule has 0 heterocycles. The molecule has 1 aliphatic carbocycles. The van der Waals surface area contributed by atoms with Gasteiger partial charge in [0, 0.05) is 17.5 Å². The standard InChI is InChI=1S/C13H16FNO/c1-9-3-4-10(7-11(9)14)12(16)8-13(15)5-2-6-13/h3-4,7H,2,5-6,8,15H2,1H3. The molecule has 16 heavy (non-hydrogen) atoms. The summed E-state index contributed by atoms with van der Waals surface area (Å²) < 4.78 is 13.3. The van der Waals surface area contributed by atoms with E-state index >= 15 is 0 Å². The van der Waals surface area contributed by atoms with Gasteiger partial charge in [0.15, 0.2) is 5.78 Å². The van der Waals surface area contributed by atoms with Crippen LogP contribution in [-0.2, 0) is 0 Å². The van der Waals surface area contributed by atoms with Gasteiger partial charge in [0.1, 0.15) is 5.82 Å². The summed E-state index contributed by atoms with van der Waals surface area (Å²) in [5.41, 5.74) is 6.65. The van der Waals surface area contributed by atoms with Crippen molar-refractivity contribution < 1.29 is 9.18 Å². The molecule has 0 unspecified atom stereocenters. The molecule has 2 nitrogen and oxygen atoms in total. The number of halogens is 1. The van der Waals surface area contributed by atoms with E-state index < -0.39 is 0 Å². The summed E-state index contributed by atoms with van der Waals surface area (Å²) >= 11 is 0. The second kappa shape index (κ2) is 3.98. The molecule has 2 N–H and O–H groups in total. The Hall–Kier alpha value is -1.22. The summed E-state index contributed by atoms with van der Waals surface area (Å²) in [4.78, 5) is 11.9. The maximum Gasteiger partial charge on any atom is 0.164 e. The highest BCUT2D eigenvalue weighted by molar-refractivity contribution is 5.96. The van der Waals surface area contributed by atoms with Crippen molar-refractivity contribution in [3.05, 3.63) is 35.1 Å². The number of nitrogens with two attached hydrogens (primary N) is 1. The molecule has 0 amide bonds. The monoisotopic (exact) mass is 221 g/mol. The highest BCUT2D eigenvalue weighted by Gasteiger charge is 2.34. The van der Waals surface area contributed by atoms with Gasteiger partial charge in [-0.3, -0.25) is 4.79 Å². The van der Waals surface area contributed by atoms with Crippen molar-refractivity contribution in [2.45, 2.75) is 38.1 Å². The van der Waals surface area contributed by atoms with Crippen LogP contribution in [0.25, 0.3) is 0 Å². The number of Topliss-reactive ketones (excluding diaryl/α,β-unsaturated/α-hetero) is 1. The number of aryl methyl sites for hydroxylation is 1. The van der Waals surface area contributed by atoms with E-state index in [2.05, 4.69) is 0 Å². The van der Waals surface area contributed by atoms with Gasteiger partial charge in [-0.15, -0.1) is 0 Å². The van der Waals surface area contributed by atoms with Gasteiger partial charge in [-0.1, -0.05) is 12.1 Å². The van der Waals surface area contributed by atoms with Crippen LogP contribution in [0.5, 0.6) is 0 Å². The lowest BCUT2D eigenvalue weighted by atomic mass is 9.74. The normalized spacial score (nSPS) is 17.9. The lowest BCUT2D eigenvalue weighted by Crippen LogP contribution is -2.48. The molecule has 0 spiro atoms. The summed E-state index contributed by atoms with van der Waals surface area (Å²) in [6.07, 6.45) is 3.21. The highest BCUT2D eigenvalue weighted by atomic mass is 19.1. The van der Waals surface area contributed by atoms with Crippen molar-refractivity contribution in [3.8, 4) is 0 Å². The number of carbonyl (C=O) groups excluding carboxylic acids is 1. The Kier molecular flexibility index (Phi) is 2.80. The van der Waals surface area contributed by atoms with Crippen LogP contribution >= 0.6 is 0 Å². The number of rotatable bonds is 3. The van der Waals surface area contributed by atoms with Crippen molar-refractivity contribution in [2.75, 3.05) is 0 Å². The predicted octanol–water partition coefficient (Wildman–Crippen LogP) is 2.59. The minimum atomic E-state index is -0.335. The molecule has 0 radical (unpaired) electrons. The molecule has 1 fully saturated rings. The zero-order valence-electron chi connectivity index (χ0n) is 9.42. The van der Waals surface area contributed by atoms with Gasteiger partial charge >= 0.3 is 0 Å². The minimum Gasteiger partial charge on any atom is -0.325 e. The SMILES string of the molecule is Cc1ccc(C(=O)CC2(N)CCC2)cc1F. The first kappa shape index (κ1) is 11.3. The molecule has 86 valence electrons. The van der Waals surface area contributed by atoms with Crippen LogP contribution in [0, 0.1) is 12.7 Å². The smallest absolute Gasteiger partial charge is 0.164 e. The fraction of sp³-hybridized carbons (Fsp3) is 0.462. The maximum atomic E-state index is 13.3. The first-order chi connectivity index (χ1) is 7.50. The minimum absolute atomic E-state index is 0.0545. The van der Waals surface area contributed by atoms with Crippen molar-refractivity contribution in [2.24, 2.45) is 5.73 Å². The second-order valence-corrected chi connectivity index (χ2v) is 4.78. The van der Waals surface area contributed by atoms with Crippen molar-refractivity contribution in [3.63, 3.8) is 0 Å². The third-order valence-corrected chi connectivity index (χ3v) is 3.36. The van der Waals surface area contributed by atoms with Crippen LogP contribution in [0.1, 0.15) is 41.6 Å². The van der Waals surface area contributed by atoms with Gasteiger partial charge in [0.05, 0.1) is 0 Å². The Morgan fingerprint density at radius 3 is 2.69 bits per heavy atom.